The quantitative estimate of drug-likeness (QED) is 0.692. The second-order valence-electron chi connectivity index (χ2n) is 8.18. The molecule has 0 aliphatic carbocycles. The predicted molar refractivity (Wildman–Crippen MR) is 119 cm³/mol. The van der Waals surface area contributed by atoms with Crippen molar-refractivity contribution in [3.05, 3.63) is 47.0 Å². The summed E-state index contributed by atoms with van der Waals surface area (Å²) in [5.41, 5.74) is 2.79. The van der Waals surface area contributed by atoms with Gasteiger partial charge in [-0.3, -0.25) is 9.59 Å². The van der Waals surface area contributed by atoms with Crippen LogP contribution in [0.25, 0.3) is 0 Å². The Kier molecular flexibility index (Phi) is 5.96. The lowest BCUT2D eigenvalue weighted by Gasteiger charge is -2.31. The van der Waals surface area contributed by atoms with Crippen LogP contribution in [0.15, 0.2) is 35.2 Å². The Morgan fingerprint density at radius 3 is 2.50 bits per heavy atom. The summed E-state index contributed by atoms with van der Waals surface area (Å²) in [6.45, 7) is 4.23. The molecule has 2 aromatic rings. The zero-order valence-corrected chi connectivity index (χ0v) is 19.1. The maximum atomic E-state index is 13.3. The van der Waals surface area contributed by atoms with Crippen molar-refractivity contribution in [3.63, 3.8) is 0 Å². The molecule has 1 amide bonds. The maximum Gasteiger partial charge on any atom is 0.262 e. The maximum absolute atomic E-state index is 13.3. The number of aryl methyl sites for hydroxylation is 2. The highest BCUT2D eigenvalue weighted by Crippen LogP contribution is 2.34. The summed E-state index contributed by atoms with van der Waals surface area (Å²) in [6, 6.07) is 8.36. The van der Waals surface area contributed by atoms with Gasteiger partial charge in [-0.25, -0.2) is 8.42 Å². The van der Waals surface area contributed by atoms with Crippen molar-refractivity contribution < 1.29 is 27.5 Å². The third kappa shape index (κ3) is 4.10. The normalized spacial score (nSPS) is 17.3. The minimum absolute atomic E-state index is 0.0431. The number of carbonyl (C=O) groups is 2. The van der Waals surface area contributed by atoms with Crippen molar-refractivity contribution in [3.8, 4) is 11.5 Å². The van der Waals surface area contributed by atoms with Gasteiger partial charge in [0.25, 0.3) is 5.91 Å². The third-order valence-electron chi connectivity index (χ3n) is 6.12. The molecule has 1 fully saturated rings. The summed E-state index contributed by atoms with van der Waals surface area (Å²) in [6.07, 6.45) is 0.844. The molecule has 1 saturated heterocycles. The molecule has 0 spiro atoms. The van der Waals surface area contributed by atoms with Crippen LogP contribution in [0.4, 0.5) is 5.69 Å². The van der Waals surface area contributed by atoms with E-state index in [9.17, 15) is 18.0 Å². The number of carbonyl (C=O) groups excluding carboxylic acids is 2. The molecule has 4 rings (SSSR count). The second-order valence-corrected chi connectivity index (χ2v) is 10.1. The lowest BCUT2D eigenvalue weighted by Crippen LogP contribution is -2.40. The second kappa shape index (κ2) is 8.55. The Morgan fingerprint density at radius 1 is 1.12 bits per heavy atom. The van der Waals surface area contributed by atoms with E-state index in [0.29, 0.717) is 35.6 Å². The standard InChI is InChI=1S/C23H26N2O6S/c1-14-10-20(30-3)21(11-15(14)2)32(28,29)25-8-6-16(7-9-25)23(27)17-4-5-19-18(12-17)24-22(26)13-31-19/h4-5,10-12,16H,6-9,13H2,1-3H3,(H,24,26). The Bertz CT molecular complexity index is 1180. The molecule has 2 aliphatic rings. The molecule has 0 atom stereocenters. The van der Waals surface area contributed by atoms with Crippen LogP contribution in [0.2, 0.25) is 0 Å². The zero-order chi connectivity index (χ0) is 23.0. The van der Waals surface area contributed by atoms with E-state index in [1.165, 1.54) is 11.4 Å². The van der Waals surface area contributed by atoms with Gasteiger partial charge in [0.05, 0.1) is 12.8 Å². The number of fused-ring (bicyclic) bond motifs is 1. The Balaban J connectivity index is 1.49. The van der Waals surface area contributed by atoms with Gasteiger partial charge in [0, 0.05) is 24.6 Å². The average molecular weight is 459 g/mol. The molecule has 0 radical (unpaired) electrons. The van der Waals surface area contributed by atoms with Crippen LogP contribution in [0.5, 0.6) is 11.5 Å². The number of hydrogen-bond donors (Lipinski definition) is 1. The highest BCUT2D eigenvalue weighted by molar-refractivity contribution is 7.89. The number of benzene rings is 2. The fourth-order valence-electron chi connectivity index (χ4n) is 4.09. The topological polar surface area (TPSA) is 102 Å². The molecule has 2 aliphatic heterocycles. The van der Waals surface area contributed by atoms with E-state index < -0.39 is 10.0 Å². The summed E-state index contributed by atoms with van der Waals surface area (Å²) in [5, 5.41) is 2.71. The Labute approximate surface area is 187 Å². The number of rotatable bonds is 5. The lowest BCUT2D eigenvalue weighted by atomic mass is 9.89. The van der Waals surface area contributed by atoms with E-state index in [4.69, 9.17) is 9.47 Å². The van der Waals surface area contributed by atoms with E-state index in [-0.39, 0.29) is 42.2 Å². The summed E-state index contributed by atoms with van der Waals surface area (Å²) >= 11 is 0. The van der Waals surface area contributed by atoms with Crippen molar-refractivity contribution >= 4 is 27.4 Å². The van der Waals surface area contributed by atoms with Crippen molar-refractivity contribution in [1.29, 1.82) is 0 Å². The number of methoxy groups -OCH3 is 1. The molecule has 9 heteroatoms. The number of amides is 1. The monoisotopic (exact) mass is 458 g/mol. The van der Waals surface area contributed by atoms with E-state index in [1.54, 1.807) is 30.3 Å². The molecule has 0 aromatic heterocycles. The van der Waals surface area contributed by atoms with Gasteiger partial charge in [0.1, 0.15) is 16.4 Å². The molecule has 2 aromatic carbocycles. The summed E-state index contributed by atoms with van der Waals surface area (Å²) in [4.78, 5) is 24.7. The minimum Gasteiger partial charge on any atom is -0.495 e. The minimum atomic E-state index is -3.74. The molecule has 2 heterocycles. The van der Waals surface area contributed by atoms with Crippen molar-refractivity contribution in [2.24, 2.45) is 5.92 Å². The summed E-state index contributed by atoms with van der Waals surface area (Å²) in [7, 11) is -2.28. The number of Topliss-reactive ketones (excluding diaryl/α,β-unsaturated/α-hetero) is 1. The largest absolute Gasteiger partial charge is 0.495 e. The fraction of sp³-hybridized carbons (Fsp3) is 0.391. The molecule has 170 valence electrons. The molecule has 0 saturated carbocycles. The Hall–Kier alpha value is -2.91. The van der Waals surface area contributed by atoms with Gasteiger partial charge in [0.15, 0.2) is 12.4 Å². The zero-order valence-electron chi connectivity index (χ0n) is 18.3. The highest BCUT2D eigenvalue weighted by Gasteiger charge is 2.34. The number of hydrogen-bond acceptors (Lipinski definition) is 6. The van der Waals surface area contributed by atoms with Crippen LogP contribution in [-0.4, -0.2) is 51.2 Å². The number of piperidine rings is 1. The Morgan fingerprint density at radius 2 is 1.81 bits per heavy atom. The van der Waals surface area contributed by atoms with Crippen LogP contribution in [0.3, 0.4) is 0 Å². The van der Waals surface area contributed by atoms with Crippen LogP contribution in [-0.2, 0) is 14.8 Å². The van der Waals surface area contributed by atoms with Crippen LogP contribution < -0.4 is 14.8 Å². The number of sulfonamides is 1. The SMILES string of the molecule is COc1cc(C)c(C)cc1S(=O)(=O)N1CCC(C(=O)c2ccc3c(c2)NC(=O)CO3)CC1. The third-order valence-corrected chi connectivity index (χ3v) is 8.04. The van der Waals surface area contributed by atoms with E-state index >= 15 is 0 Å². The molecule has 8 nitrogen and oxygen atoms in total. The predicted octanol–water partition coefficient (Wildman–Crippen LogP) is 2.93. The van der Waals surface area contributed by atoms with Crippen molar-refractivity contribution in [2.75, 3.05) is 32.1 Å². The summed E-state index contributed by atoms with van der Waals surface area (Å²) < 4.78 is 38.6. The van der Waals surface area contributed by atoms with Crippen molar-refractivity contribution in [1.82, 2.24) is 4.31 Å². The van der Waals surface area contributed by atoms with Crippen LogP contribution in [0, 0.1) is 19.8 Å². The first kappa shape index (κ1) is 22.3. The molecule has 32 heavy (non-hydrogen) atoms. The van der Waals surface area contributed by atoms with Crippen LogP contribution in [0.1, 0.15) is 34.3 Å². The first-order valence-electron chi connectivity index (χ1n) is 10.5. The van der Waals surface area contributed by atoms with Crippen molar-refractivity contribution in [2.45, 2.75) is 31.6 Å². The molecule has 0 bridgehead atoms. The van der Waals surface area contributed by atoms with E-state index in [0.717, 1.165) is 11.1 Å². The van der Waals surface area contributed by atoms with Gasteiger partial charge < -0.3 is 14.8 Å². The van der Waals surface area contributed by atoms with Crippen LogP contribution >= 0.6 is 0 Å². The summed E-state index contributed by atoms with van der Waals surface area (Å²) in [5.74, 6) is 0.242. The number of ether oxygens (including phenoxy) is 2. The molecular weight excluding hydrogens is 432 g/mol. The van der Waals surface area contributed by atoms with Gasteiger partial charge in [0.2, 0.25) is 10.0 Å². The van der Waals surface area contributed by atoms with Gasteiger partial charge >= 0.3 is 0 Å². The fourth-order valence-corrected chi connectivity index (χ4v) is 5.79. The lowest BCUT2D eigenvalue weighted by molar-refractivity contribution is -0.118. The molecular formula is C23H26N2O6S. The molecule has 0 unspecified atom stereocenters. The van der Waals surface area contributed by atoms with Gasteiger partial charge in [-0.15, -0.1) is 0 Å². The van der Waals surface area contributed by atoms with Gasteiger partial charge in [-0.05, 0) is 68.1 Å². The van der Waals surface area contributed by atoms with Gasteiger partial charge in [-0.1, -0.05) is 0 Å². The first-order valence-corrected chi connectivity index (χ1v) is 11.9. The highest BCUT2D eigenvalue weighted by atomic mass is 32.2. The van der Waals surface area contributed by atoms with E-state index in [1.807, 2.05) is 13.8 Å². The number of nitrogens with zero attached hydrogens (tertiary/aromatic N) is 1. The number of anilines is 1. The first-order chi connectivity index (χ1) is 15.2. The number of ketones is 1. The van der Waals surface area contributed by atoms with E-state index in [2.05, 4.69) is 5.32 Å². The van der Waals surface area contributed by atoms with Gasteiger partial charge in [-0.2, -0.15) is 4.31 Å². The average Bonchev–Trinajstić information content (AvgIpc) is 2.79. The number of nitrogens with one attached hydrogen (secondary N) is 1. The molecule has 1 N–H and O–H groups in total. The smallest absolute Gasteiger partial charge is 0.262 e.